The van der Waals surface area contributed by atoms with Crippen molar-refractivity contribution in [1.29, 1.82) is 0 Å². The zero-order valence-corrected chi connectivity index (χ0v) is 14.9. The van der Waals surface area contributed by atoms with Crippen LogP contribution in [0.3, 0.4) is 0 Å². The highest BCUT2D eigenvalue weighted by Crippen LogP contribution is 2.18. The lowest BCUT2D eigenvalue weighted by molar-refractivity contribution is 0.234. The average molecular weight is 338 g/mol. The fourth-order valence-electron chi connectivity index (χ4n) is 3.31. The summed E-state index contributed by atoms with van der Waals surface area (Å²) in [7, 11) is 0. The number of nitrogens with one attached hydrogen (secondary N) is 2. The quantitative estimate of drug-likeness (QED) is 0.881. The second kappa shape index (κ2) is 8.12. The van der Waals surface area contributed by atoms with Crippen molar-refractivity contribution in [2.45, 2.75) is 33.0 Å². The van der Waals surface area contributed by atoms with Gasteiger partial charge in [-0.2, -0.15) is 0 Å². The lowest BCUT2D eigenvalue weighted by Gasteiger charge is -2.18. The minimum atomic E-state index is -0.122. The van der Waals surface area contributed by atoms with Crippen LogP contribution in [0.1, 0.15) is 23.7 Å². The molecule has 0 radical (unpaired) electrons. The Hall–Kier alpha value is -2.40. The number of hydrogen-bond acceptors (Lipinski definition) is 3. The number of rotatable bonds is 5. The number of benzene rings is 1. The van der Waals surface area contributed by atoms with Gasteiger partial charge in [0, 0.05) is 31.9 Å². The maximum absolute atomic E-state index is 12.2. The molecule has 1 aliphatic rings. The third-order valence-electron chi connectivity index (χ3n) is 4.79. The Morgan fingerprint density at radius 1 is 1.20 bits per heavy atom. The molecule has 0 aliphatic carbocycles. The van der Waals surface area contributed by atoms with Crippen molar-refractivity contribution in [3.63, 3.8) is 0 Å². The molecule has 0 saturated carbocycles. The van der Waals surface area contributed by atoms with E-state index < -0.39 is 0 Å². The van der Waals surface area contributed by atoms with E-state index in [0.717, 1.165) is 30.9 Å². The third-order valence-corrected chi connectivity index (χ3v) is 4.79. The molecule has 0 bridgehead atoms. The molecule has 5 heteroatoms. The first-order valence-corrected chi connectivity index (χ1v) is 8.83. The van der Waals surface area contributed by atoms with Gasteiger partial charge in [-0.15, -0.1) is 0 Å². The van der Waals surface area contributed by atoms with Crippen molar-refractivity contribution in [2.24, 2.45) is 5.92 Å². The van der Waals surface area contributed by atoms with E-state index in [-0.39, 0.29) is 12.1 Å². The van der Waals surface area contributed by atoms with Gasteiger partial charge in [-0.3, -0.25) is 9.88 Å². The van der Waals surface area contributed by atoms with Crippen LogP contribution in [0.5, 0.6) is 0 Å². The van der Waals surface area contributed by atoms with Crippen LogP contribution in [0.15, 0.2) is 48.7 Å². The minimum absolute atomic E-state index is 0.122. The molecule has 2 aromatic rings. The summed E-state index contributed by atoms with van der Waals surface area (Å²) in [5.41, 5.74) is 3.30. The van der Waals surface area contributed by atoms with E-state index in [2.05, 4.69) is 51.7 Å². The van der Waals surface area contributed by atoms with Crippen LogP contribution >= 0.6 is 0 Å². The SMILES string of the molecule is Cc1cccnc1CNC(=O)N[C@@H]1CN(Cc2ccccc2)C[C@H]1C. The maximum atomic E-state index is 12.2. The monoisotopic (exact) mass is 338 g/mol. The van der Waals surface area contributed by atoms with Gasteiger partial charge >= 0.3 is 6.03 Å². The van der Waals surface area contributed by atoms with Crippen molar-refractivity contribution in [1.82, 2.24) is 20.5 Å². The van der Waals surface area contributed by atoms with E-state index in [4.69, 9.17) is 0 Å². The summed E-state index contributed by atoms with van der Waals surface area (Å²) >= 11 is 0. The Bertz CT molecular complexity index is 704. The van der Waals surface area contributed by atoms with Gasteiger partial charge in [0.05, 0.1) is 12.2 Å². The number of nitrogens with zero attached hydrogens (tertiary/aromatic N) is 2. The number of urea groups is 1. The Labute approximate surface area is 149 Å². The summed E-state index contributed by atoms with van der Waals surface area (Å²) in [6.07, 6.45) is 1.75. The Morgan fingerprint density at radius 3 is 2.76 bits per heavy atom. The first-order chi connectivity index (χ1) is 12.1. The van der Waals surface area contributed by atoms with Gasteiger partial charge in [-0.1, -0.05) is 43.3 Å². The molecule has 3 rings (SSSR count). The van der Waals surface area contributed by atoms with Crippen molar-refractivity contribution >= 4 is 6.03 Å². The highest BCUT2D eigenvalue weighted by molar-refractivity contribution is 5.74. The first-order valence-electron chi connectivity index (χ1n) is 8.83. The molecular weight excluding hydrogens is 312 g/mol. The highest BCUT2D eigenvalue weighted by atomic mass is 16.2. The molecular formula is C20H26N4O. The molecule has 1 fully saturated rings. The molecule has 1 aliphatic heterocycles. The third kappa shape index (κ3) is 4.79. The van der Waals surface area contributed by atoms with Crippen molar-refractivity contribution < 1.29 is 4.79 Å². The summed E-state index contributed by atoms with van der Waals surface area (Å²) < 4.78 is 0. The fraction of sp³-hybridized carbons (Fsp3) is 0.400. The molecule has 1 aromatic heterocycles. The lowest BCUT2D eigenvalue weighted by Crippen LogP contribution is -2.45. The Kier molecular flexibility index (Phi) is 5.66. The lowest BCUT2D eigenvalue weighted by atomic mass is 10.1. The van der Waals surface area contributed by atoms with Crippen LogP contribution in [-0.2, 0) is 13.1 Å². The second-order valence-corrected chi connectivity index (χ2v) is 6.86. The smallest absolute Gasteiger partial charge is 0.315 e. The van der Waals surface area contributed by atoms with E-state index in [1.165, 1.54) is 5.56 Å². The van der Waals surface area contributed by atoms with Crippen LogP contribution in [-0.4, -0.2) is 35.0 Å². The topological polar surface area (TPSA) is 57.3 Å². The van der Waals surface area contributed by atoms with Gasteiger partial charge in [0.25, 0.3) is 0 Å². The van der Waals surface area contributed by atoms with Gasteiger partial charge in [0.2, 0.25) is 0 Å². The van der Waals surface area contributed by atoms with Crippen molar-refractivity contribution in [3.8, 4) is 0 Å². The van der Waals surface area contributed by atoms with E-state index >= 15 is 0 Å². The zero-order chi connectivity index (χ0) is 17.6. The molecule has 2 N–H and O–H groups in total. The molecule has 2 amide bonds. The maximum Gasteiger partial charge on any atom is 0.315 e. The predicted octanol–water partition coefficient (Wildman–Crippen LogP) is 2.71. The van der Waals surface area contributed by atoms with Crippen LogP contribution in [0.4, 0.5) is 4.79 Å². The zero-order valence-electron chi connectivity index (χ0n) is 14.9. The second-order valence-electron chi connectivity index (χ2n) is 6.86. The van der Waals surface area contributed by atoms with E-state index in [0.29, 0.717) is 12.5 Å². The number of likely N-dealkylation sites (tertiary alicyclic amines) is 1. The number of aromatic nitrogens is 1. The van der Waals surface area contributed by atoms with Gasteiger partial charge in [0.1, 0.15) is 0 Å². The van der Waals surface area contributed by atoms with Gasteiger partial charge < -0.3 is 10.6 Å². The van der Waals surface area contributed by atoms with Crippen LogP contribution in [0.2, 0.25) is 0 Å². The fourth-order valence-corrected chi connectivity index (χ4v) is 3.31. The summed E-state index contributed by atoms with van der Waals surface area (Å²) in [5, 5.41) is 6.04. The first kappa shape index (κ1) is 17.4. The number of amides is 2. The standard InChI is InChI=1S/C20H26N4O/c1-15-7-6-10-21-18(15)11-22-20(25)23-19-14-24(12-16(19)2)13-17-8-4-3-5-9-17/h3-10,16,19H,11-14H2,1-2H3,(H2,22,23,25)/t16-,19-/m1/s1. The number of pyridine rings is 1. The molecule has 1 saturated heterocycles. The molecule has 0 unspecified atom stereocenters. The van der Waals surface area contributed by atoms with Crippen LogP contribution < -0.4 is 10.6 Å². The van der Waals surface area contributed by atoms with Gasteiger partial charge in [-0.25, -0.2) is 4.79 Å². The van der Waals surface area contributed by atoms with Crippen molar-refractivity contribution in [2.75, 3.05) is 13.1 Å². The predicted molar refractivity (Wildman–Crippen MR) is 99.0 cm³/mol. The Balaban J connectivity index is 1.47. The molecule has 2 heterocycles. The summed E-state index contributed by atoms with van der Waals surface area (Å²) in [5.74, 6) is 0.436. The van der Waals surface area contributed by atoms with E-state index in [1.807, 2.05) is 25.1 Å². The molecule has 5 nitrogen and oxygen atoms in total. The number of hydrogen-bond donors (Lipinski definition) is 2. The van der Waals surface area contributed by atoms with Crippen molar-refractivity contribution in [3.05, 3.63) is 65.5 Å². The minimum Gasteiger partial charge on any atom is -0.334 e. The summed E-state index contributed by atoms with van der Waals surface area (Å²) in [4.78, 5) is 18.9. The van der Waals surface area contributed by atoms with Crippen LogP contribution in [0.25, 0.3) is 0 Å². The number of carbonyl (C=O) groups excluding carboxylic acids is 1. The Morgan fingerprint density at radius 2 is 2.00 bits per heavy atom. The van der Waals surface area contributed by atoms with Gasteiger partial charge in [-0.05, 0) is 30.0 Å². The molecule has 25 heavy (non-hydrogen) atoms. The highest BCUT2D eigenvalue weighted by Gasteiger charge is 2.30. The summed E-state index contributed by atoms with van der Waals surface area (Å²) in [6, 6.07) is 14.4. The van der Waals surface area contributed by atoms with E-state index in [9.17, 15) is 4.79 Å². The molecule has 1 aromatic carbocycles. The average Bonchev–Trinajstić information content (AvgIpc) is 2.94. The van der Waals surface area contributed by atoms with Crippen LogP contribution in [0, 0.1) is 12.8 Å². The largest absolute Gasteiger partial charge is 0.334 e. The van der Waals surface area contributed by atoms with Gasteiger partial charge in [0.15, 0.2) is 0 Å². The summed E-state index contributed by atoms with van der Waals surface area (Å²) in [6.45, 7) is 7.46. The molecule has 132 valence electrons. The number of aryl methyl sites for hydroxylation is 1. The number of carbonyl (C=O) groups is 1. The molecule has 0 spiro atoms. The van der Waals surface area contributed by atoms with E-state index in [1.54, 1.807) is 6.20 Å². The normalized spacial score (nSPS) is 20.4. The molecule has 2 atom stereocenters.